The number of likely N-dealkylation sites (N-methyl/N-ethyl adjacent to an activating group) is 1. The highest BCUT2D eigenvalue weighted by molar-refractivity contribution is 6.04. The first-order valence-electron chi connectivity index (χ1n) is 10.2. The molecule has 1 aromatic heterocycles. The molecule has 2 aromatic carbocycles. The molecule has 0 atom stereocenters. The van der Waals surface area contributed by atoms with Crippen LogP contribution in [0.1, 0.15) is 40.6 Å². The molecule has 3 rings (SSSR count). The van der Waals surface area contributed by atoms with E-state index in [1.165, 1.54) is 11.8 Å². The molecule has 0 radical (unpaired) electrons. The van der Waals surface area contributed by atoms with Gasteiger partial charge >= 0.3 is 0 Å². The van der Waals surface area contributed by atoms with Crippen LogP contribution >= 0.6 is 0 Å². The molecule has 2 amide bonds. The van der Waals surface area contributed by atoms with E-state index in [9.17, 15) is 9.59 Å². The summed E-state index contributed by atoms with van der Waals surface area (Å²) < 4.78 is 5.36. The highest BCUT2D eigenvalue weighted by atomic mass is 16.3. The molecule has 0 saturated heterocycles. The summed E-state index contributed by atoms with van der Waals surface area (Å²) in [5.41, 5.74) is 3.80. The Morgan fingerprint density at radius 2 is 1.73 bits per heavy atom. The van der Waals surface area contributed by atoms with Gasteiger partial charge in [0, 0.05) is 19.3 Å². The molecule has 0 aliphatic heterocycles. The largest absolute Gasteiger partial charge is 0.459 e. The standard InChI is InChI=1S/C25H28N2O3/c1-4-14-26(3)24(28)17-21-7-5-8-22(16-21)27(25(29)23-9-6-15-30-23)18-20-12-10-19(2)11-13-20/h5-13,15-16H,4,14,17-18H2,1-3H3. The van der Waals surface area contributed by atoms with Gasteiger partial charge in [-0.15, -0.1) is 0 Å². The van der Waals surface area contributed by atoms with Crippen LogP contribution in [0.25, 0.3) is 0 Å². The predicted molar refractivity (Wildman–Crippen MR) is 118 cm³/mol. The Kier molecular flexibility index (Phi) is 7.07. The number of carbonyl (C=O) groups excluding carboxylic acids is 2. The minimum absolute atomic E-state index is 0.0662. The number of benzene rings is 2. The summed E-state index contributed by atoms with van der Waals surface area (Å²) in [6.45, 7) is 5.22. The van der Waals surface area contributed by atoms with Gasteiger partial charge in [-0.25, -0.2) is 0 Å². The van der Waals surface area contributed by atoms with Gasteiger partial charge < -0.3 is 14.2 Å². The molecule has 0 saturated carbocycles. The molecule has 0 N–H and O–H groups in total. The zero-order chi connectivity index (χ0) is 21.5. The average molecular weight is 405 g/mol. The summed E-state index contributed by atoms with van der Waals surface area (Å²) in [5, 5.41) is 0. The Morgan fingerprint density at radius 1 is 0.967 bits per heavy atom. The highest BCUT2D eigenvalue weighted by Gasteiger charge is 2.21. The lowest BCUT2D eigenvalue weighted by Crippen LogP contribution is -2.31. The van der Waals surface area contributed by atoms with Crippen molar-refractivity contribution < 1.29 is 14.0 Å². The second-order valence-corrected chi connectivity index (χ2v) is 7.52. The van der Waals surface area contributed by atoms with E-state index < -0.39 is 0 Å². The van der Waals surface area contributed by atoms with E-state index in [0.29, 0.717) is 13.0 Å². The second-order valence-electron chi connectivity index (χ2n) is 7.52. The second kappa shape index (κ2) is 9.92. The summed E-state index contributed by atoms with van der Waals surface area (Å²) in [6, 6.07) is 19.1. The van der Waals surface area contributed by atoms with Crippen LogP contribution in [0.5, 0.6) is 0 Å². The van der Waals surface area contributed by atoms with Crippen LogP contribution in [0.3, 0.4) is 0 Å². The van der Waals surface area contributed by atoms with Gasteiger partial charge in [-0.3, -0.25) is 9.59 Å². The SMILES string of the molecule is CCCN(C)C(=O)Cc1cccc(N(Cc2ccc(C)cc2)C(=O)c2ccco2)c1. The van der Waals surface area contributed by atoms with Gasteiger partial charge in [-0.1, -0.05) is 48.9 Å². The maximum Gasteiger partial charge on any atom is 0.294 e. The minimum Gasteiger partial charge on any atom is -0.459 e. The lowest BCUT2D eigenvalue weighted by molar-refractivity contribution is -0.129. The highest BCUT2D eigenvalue weighted by Crippen LogP contribution is 2.23. The smallest absolute Gasteiger partial charge is 0.294 e. The quantitative estimate of drug-likeness (QED) is 0.539. The van der Waals surface area contributed by atoms with E-state index in [-0.39, 0.29) is 17.6 Å². The van der Waals surface area contributed by atoms with Crippen LogP contribution in [0.2, 0.25) is 0 Å². The van der Waals surface area contributed by atoms with Gasteiger partial charge in [0.05, 0.1) is 19.2 Å². The van der Waals surface area contributed by atoms with Gasteiger partial charge in [0.1, 0.15) is 0 Å². The normalized spacial score (nSPS) is 10.6. The third kappa shape index (κ3) is 5.38. The van der Waals surface area contributed by atoms with Crippen LogP contribution in [0.4, 0.5) is 5.69 Å². The van der Waals surface area contributed by atoms with Gasteiger partial charge in [-0.2, -0.15) is 0 Å². The number of nitrogens with zero attached hydrogens (tertiary/aromatic N) is 2. The van der Waals surface area contributed by atoms with Crippen molar-refractivity contribution in [1.82, 2.24) is 4.90 Å². The summed E-state index contributed by atoms with van der Waals surface area (Å²) >= 11 is 0. The summed E-state index contributed by atoms with van der Waals surface area (Å²) in [6.07, 6.45) is 2.72. The molecule has 5 heteroatoms. The zero-order valence-electron chi connectivity index (χ0n) is 17.8. The minimum atomic E-state index is -0.216. The van der Waals surface area contributed by atoms with Crippen molar-refractivity contribution in [3.8, 4) is 0 Å². The van der Waals surface area contributed by atoms with Crippen molar-refractivity contribution in [2.24, 2.45) is 0 Å². The first-order valence-corrected chi connectivity index (χ1v) is 10.2. The number of carbonyl (C=O) groups is 2. The number of furan rings is 1. The van der Waals surface area contributed by atoms with Crippen molar-refractivity contribution in [3.05, 3.63) is 89.4 Å². The van der Waals surface area contributed by atoms with Gasteiger partial charge in [0.25, 0.3) is 5.91 Å². The van der Waals surface area contributed by atoms with Crippen LogP contribution in [-0.2, 0) is 17.8 Å². The van der Waals surface area contributed by atoms with E-state index in [0.717, 1.165) is 29.8 Å². The van der Waals surface area contributed by atoms with Crippen LogP contribution in [0.15, 0.2) is 71.3 Å². The molecule has 1 heterocycles. The van der Waals surface area contributed by atoms with Crippen molar-refractivity contribution in [1.29, 1.82) is 0 Å². The van der Waals surface area contributed by atoms with E-state index in [4.69, 9.17) is 4.42 Å². The Morgan fingerprint density at radius 3 is 2.40 bits per heavy atom. The predicted octanol–water partition coefficient (Wildman–Crippen LogP) is 4.85. The molecule has 156 valence electrons. The van der Waals surface area contributed by atoms with Gasteiger partial charge in [0.2, 0.25) is 5.91 Å². The van der Waals surface area contributed by atoms with Crippen LogP contribution < -0.4 is 4.90 Å². The molecule has 0 aliphatic carbocycles. The first kappa shape index (κ1) is 21.4. The van der Waals surface area contributed by atoms with Crippen LogP contribution in [-0.4, -0.2) is 30.3 Å². The number of anilines is 1. The van der Waals surface area contributed by atoms with Crippen LogP contribution in [0, 0.1) is 6.92 Å². The van der Waals surface area contributed by atoms with E-state index >= 15 is 0 Å². The molecule has 0 bridgehead atoms. The van der Waals surface area contributed by atoms with Crippen molar-refractivity contribution in [3.63, 3.8) is 0 Å². The maximum atomic E-state index is 13.2. The van der Waals surface area contributed by atoms with E-state index in [1.54, 1.807) is 21.9 Å². The lowest BCUT2D eigenvalue weighted by atomic mass is 10.1. The van der Waals surface area contributed by atoms with Crippen molar-refractivity contribution in [2.75, 3.05) is 18.5 Å². The number of amides is 2. The Labute approximate surface area is 177 Å². The number of rotatable bonds is 8. The molecule has 30 heavy (non-hydrogen) atoms. The summed E-state index contributed by atoms with van der Waals surface area (Å²) in [7, 11) is 1.82. The lowest BCUT2D eigenvalue weighted by Gasteiger charge is -2.23. The summed E-state index contributed by atoms with van der Waals surface area (Å²) in [5.74, 6) is 0.134. The molecule has 0 unspecified atom stereocenters. The fourth-order valence-corrected chi connectivity index (χ4v) is 3.29. The van der Waals surface area contributed by atoms with Crippen molar-refractivity contribution in [2.45, 2.75) is 33.2 Å². The summed E-state index contributed by atoms with van der Waals surface area (Å²) in [4.78, 5) is 29.0. The molecule has 0 aliphatic rings. The Bertz CT molecular complexity index is 978. The Hall–Kier alpha value is -3.34. The van der Waals surface area contributed by atoms with Gasteiger partial charge in [-0.05, 0) is 48.7 Å². The fraction of sp³-hybridized carbons (Fsp3) is 0.280. The van der Waals surface area contributed by atoms with Crippen molar-refractivity contribution >= 4 is 17.5 Å². The van der Waals surface area contributed by atoms with E-state index in [1.807, 2.05) is 69.4 Å². The molecule has 3 aromatic rings. The number of hydrogen-bond donors (Lipinski definition) is 0. The average Bonchev–Trinajstić information content (AvgIpc) is 3.28. The topological polar surface area (TPSA) is 53.8 Å². The molecule has 5 nitrogen and oxygen atoms in total. The first-order chi connectivity index (χ1) is 14.5. The molecule has 0 fully saturated rings. The third-order valence-electron chi connectivity index (χ3n) is 5.00. The zero-order valence-corrected chi connectivity index (χ0v) is 17.8. The molecule has 0 spiro atoms. The Balaban J connectivity index is 1.88. The van der Waals surface area contributed by atoms with E-state index in [2.05, 4.69) is 0 Å². The fourth-order valence-electron chi connectivity index (χ4n) is 3.29. The molecular formula is C25H28N2O3. The maximum absolute atomic E-state index is 13.2. The number of aryl methyl sites for hydroxylation is 1. The monoisotopic (exact) mass is 404 g/mol. The molecular weight excluding hydrogens is 376 g/mol. The number of hydrogen-bond acceptors (Lipinski definition) is 3. The third-order valence-corrected chi connectivity index (χ3v) is 5.00. The van der Waals surface area contributed by atoms with Gasteiger partial charge in [0.15, 0.2) is 5.76 Å².